The Labute approximate surface area is 218 Å². The highest BCUT2D eigenvalue weighted by atomic mass is 32.2. The number of pyridine rings is 2. The van der Waals surface area contributed by atoms with E-state index in [-0.39, 0.29) is 34.0 Å². The summed E-state index contributed by atoms with van der Waals surface area (Å²) in [5.41, 5.74) is 3.47. The molecule has 0 amide bonds. The lowest BCUT2D eigenvalue weighted by atomic mass is 10.0. The number of nitrogens with zero attached hydrogens (tertiary/aromatic N) is 2. The third kappa shape index (κ3) is 4.98. The van der Waals surface area contributed by atoms with Gasteiger partial charge in [-0.05, 0) is 67.6 Å². The van der Waals surface area contributed by atoms with E-state index in [1.807, 2.05) is 13.0 Å². The maximum absolute atomic E-state index is 14.0. The molecule has 9 heteroatoms. The molecule has 0 spiro atoms. The molecule has 0 aliphatic rings. The number of fused-ring (bicyclic) bond motifs is 1. The maximum Gasteiger partial charge on any atom is 0.211 e. The van der Waals surface area contributed by atoms with Gasteiger partial charge in [0.25, 0.3) is 0 Å². The Bertz CT molecular complexity index is 1700. The highest BCUT2D eigenvalue weighted by Gasteiger charge is 2.37. The molecular weight excluding hydrogens is 508 g/mol. The maximum atomic E-state index is 14.0. The van der Waals surface area contributed by atoms with E-state index in [9.17, 15) is 21.6 Å². The van der Waals surface area contributed by atoms with Crippen molar-refractivity contribution >= 4 is 31.0 Å². The van der Waals surface area contributed by atoms with Gasteiger partial charge in [-0.15, -0.1) is 0 Å². The minimum atomic E-state index is -4.12. The number of benzene rings is 1. The van der Waals surface area contributed by atoms with Gasteiger partial charge in [0.2, 0.25) is 5.78 Å². The summed E-state index contributed by atoms with van der Waals surface area (Å²) in [5, 5.41) is 0. The Morgan fingerprint density at radius 2 is 1.43 bits per heavy atom. The van der Waals surface area contributed by atoms with E-state index < -0.39 is 30.4 Å². The standard InChI is InChI=1S/C28H30N2O5S2/c1-5-15-36(32,33)27-24-18-22(21-9-12-29-13-10-21)11-14-30(24)25(28(27)37(34,35)16-6-2)26(31)23-8-7-19(3)17-20(23)4/h7-14,17-18H,5-6,15-16H2,1-4H3. The van der Waals surface area contributed by atoms with Crippen LogP contribution < -0.4 is 0 Å². The Hall–Kier alpha value is -3.30. The predicted molar refractivity (Wildman–Crippen MR) is 145 cm³/mol. The van der Waals surface area contributed by atoms with Crippen LogP contribution >= 0.6 is 0 Å². The number of carbonyl (C=O) groups is 1. The second-order valence-electron chi connectivity index (χ2n) is 9.20. The van der Waals surface area contributed by atoms with Gasteiger partial charge in [0.05, 0.1) is 17.0 Å². The van der Waals surface area contributed by atoms with Crippen LogP contribution in [0.15, 0.2) is 70.8 Å². The van der Waals surface area contributed by atoms with Crippen LogP contribution in [0.5, 0.6) is 0 Å². The number of carbonyl (C=O) groups excluding carboxylic acids is 1. The lowest BCUT2D eigenvalue weighted by Crippen LogP contribution is -2.17. The number of hydrogen-bond acceptors (Lipinski definition) is 6. The van der Waals surface area contributed by atoms with Gasteiger partial charge in [0, 0.05) is 24.2 Å². The second kappa shape index (κ2) is 10.2. The zero-order valence-electron chi connectivity index (χ0n) is 21.4. The van der Waals surface area contributed by atoms with Crippen molar-refractivity contribution in [2.45, 2.75) is 50.3 Å². The molecule has 0 saturated heterocycles. The minimum absolute atomic E-state index is 0.147. The van der Waals surface area contributed by atoms with E-state index in [1.54, 1.807) is 75.8 Å². The van der Waals surface area contributed by atoms with Gasteiger partial charge < -0.3 is 4.40 Å². The van der Waals surface area contributed by atoms with E-state index >= 15 is 0 Å². The number of ketones is 1. The van der Waals surface area contributed by atoms with E-state index in [0.717, 1.165) is 11.1 Å². The van der Waals surface area contributed by atoms with Gasteiger partial charge in [0.15, 0.2) is 19.7 Å². The normalized spacial score (nSPS) is 12.2. The van der Waals surface area contributed by atoms with Crippen molar-refractivity contribution < 1.29 is 21.6 Å². The van der Waals surface area contributed by atoms with Crippen molar-refractivity contribution in [1.29, 1.82) is 0 Å². The minimum Gasteiger partial charge on any atom is -0.311 e. The average Bonchev–Trinajstić information content (AvgIpc) is 3.20. The molecule has 0 atom stereocenters. The first-order valence-electron chi connectivity index (χ1n) is 12.2. The summed E-state index contributed by atoms with van der Waals surface area (Å²) in [6.07, 6.45) is 5.41. The summed E-state index contributed by atoms with van der Waals surface area (Å²) in [4.78, 5) is 17.4. The zero-order chi connectivity index (χ0) is 27.0. The van der Waals surface area contributed by atoms with E-state index in [2.05, 4.69) is 4.98 Å². The van der Waals surface area contributed by atoms with Crippen LogP contribution in [0.2, 0.25) is 0 Å². The number of aryl methyl sites for hydroxylation is 2. The molecule has 0 saturated carbocycles. The quantitative estimate of drug-likeness (QED) is 0.271. The summed E-state index contributed by atoms with van der Waals surface area (Å²) >= 11 is 0. The number of aromatic nitrogens is 2. The molecule has 194 valence electrons. The first-order valence-corrected chi connectivity index (χ1v) is 15.5. The molecule has 0 bridgehead atoms. The smallest absolute Gasteiger partial charge is 0.211 e. The Balaban J connectivity index is 2.18. The first kappa shape index (κ1) is 26.8. The fraction of sp³-hybridized carbons (Fsp3) is 0.286. The number of sulfone groups is 2. The van der Waals surface area contributed by atoms with Gasteiger partial charge >= 0.3 is 0 Å². The third-order valence-electron chi connectivity index (χ3n) is 6.27. The monoisotopic (exact) mass is 538 g/mol. The molecule has 0 aliphatic heterocycles. The molecular formula is C28H30N2O5S2. The van der Waals surface area contributed by atoms with Gasteiger partial charge in [-0.1, -0.05) is 37.6 Å². The molecule has 0 unspecified atom stereocenters. The van der Waals surface area contributed by atoms with Crippen LogP contribution in [0.1, 0.15) is 53.9 Å². The third-order valence-corrected chi connectivity index (χ3v) is 10.3. The average molecular weight is 539 g/mol. The van der Waals surface area contributed by atoms with E-state index in [0.29, 0.717) is 23.1 Å². The molecule has 0 N–H and O–H groups in total. The summed E-state index contributed by atoms with van der Waals surface area (Å²) < 4.78 is 56.1. The van der Waals surface area contributed by atoms with Crippen LogP contribution in [0, 0.1) is 13.8 Å². The highest BCUT2D eigenvalue weighted by molar-refractivity contribution is 7.94. The van der Waals surface area contributed by atoms with Crippen molar-refractivity contribution in [2.75, 3.05) is 11.5 Å². The number of hydrogen-bond donors (Lipinski definition) is 0. The van der Waals surface area contributed by atoms with Crippen LogP contribution in [-0.4, -0.2) is 43.5 Å². The molecule has 0 radical (unpaired) electrons. The molecule has 3 heterocycles. The molecule has 37 heavy (non-hydrogen) atoms. The predicted octanol–water partition coefficient (Wildman–Crippen LogP) is 5.22. The molecule has 0 fully saturated rings. The molecule has 4 rings (SSSR count). The Morgan fingerprint density at radius 1 is 0.811 bits per heavy atom. The molecule has 7 nitrogen and oxygen atoms in total. The Morgan fingerprint density at radius 3 is 2.03 bits per heavy atom. The summed E-state index contributed by atoms with van der Waals surface area (Å²) in [6.45, 7) is 7.12. The van der Waals surface area contributed by atoms with Gasteiger partial charge in [-0.2, -0.15) is 0 Å². The van der Waals surface area contributed by atoms with Crippen LogP contribution in [-0.2, 0) is 19.7 Å². The highest BCUT2D eigenvalue weighted by Crippen LogP contribution is 2.37. The van der Waals surface area contributed by atoms with E-state index in [1.165, 1.54) is 4.40 Å². The van der Waals surface area contributed by atoms with Crippen molar-refractivity contribution in [2.24, 2.45) is 0 Å². The Kier molecular flexibility index (Phi) is 7.39. The van der Waals surface area contributed by atoms with Crippen molar-refractivity contribution in [3.8, 4) is 11.1 Å². The van der Waals surface area contributed by atoms with E-state index in [4.69, 9.17) is 0 Å². The van der Waals surface area contributed by atoms with Crippen LogP contribution in [0.25, 0.3) is 16.6 Å². The van der Waals surface area contributed by atoms with Crippen LogP contribution in [0.4, 0.5) is 0 Å². The largest absolute Gasteiger partial charge is 0.311 e. The van der Waals surface area contributed by atoms with Crippen molar-refractivity contribution in [1.82, 2.24) is 9.38 Å². The molecule has 4 aromatic rings. The lowest BCUT2D eigenvalue weighted by Gasteiger charge is -2.11. The topological polar surface area (TPSA) is 103 Å². The molecule has 1 aromatic carbocycles. The zero-order valence-corrected chi connectivity index (χ0v) is 23.0. The van der Waals surface area contributed by atoms with Gasteiger partial charge in [-0.3, -0.25) is 9.78 Å². The summed E-state index contributed by atoms with van der Waals surface area (Å²) in [7, 11) is -8.16. The van der Waals surface area contributed by atoms with Crippen molar-refractivity contribution in [3.63, 3.8) is 0 Å². The summed E-state index contributed by atoms with van der Waals surface area (Å²) in [5.74, 6) is -1.04. The van der Waals surface area contributed by atoms with Gasteiger partial charge in [-0.25, -0.2) is 16.8 Å². The molecule has 3 aromatic heterocycles. The number of rotatable bonds is 9. The van der Waals surface area contributed by atoms with Crippen LogP contribution in [0.3, 0.4) is 0 Å². The van der Waals surface area contributed by atoms with Crippen molar-refractivity contribution in [3.05, 3.63) is 83.4 Å². The summed E-state index contributed by atoms with van der Waals surface area (Å²) in [6, 6.07) is 12.2. The first-order chi connectivity index (χ1) is 17.5. The lowest BCUT2D eigenvalue weighted by molar-refractivity contribution is 0.102. The fourth-order valence-electron chi connectivity index (χ4n) is 4.67. The second-order valence-corrected chi connectivity index (χ2v) is 13.3. The SMILES string of the molecule is CCCS(=O)(=O)c1c(S(=O)(=O)CCC)c2cc(-c3ccncc3)ccn2c1C(=O)c1ccc(C)cc1C. The molecule has 0 aliphatic carbocycles. The van der Waals surface area contributed by atoms with Gasteiger partial charge in [0.1, 0.15) is 15.5 Å². The fourth-order valence-corrected chi connectivity index (χ4v) is 8.64.